The number of benzene rings is 1. The molecule has 122 valence electrons. The summed E-state index contributed by atoms with van der Waals surface area (Å²) < 4.78 is 17.0. The van der Waals surface area contributed by atoms with Gasteiger partial charge in [-0.3, -0.25) is 4.79 Å². The number of methoxy groups -OCH3 is 1. The van der Waals surface area contributed by atoms with Gasteiger partial charge >= 0.3 is 0 Å². The highest BCUT2D eigenvalue weighted by molar-refractivity contribution is 5.99. The van der Waals surface area contributed by atoms with E-state index < -0.39 is 0 Å². The molecule has 1 aromatic carbocycles. The number of carbonyl (C=O) groups excluding carboxylic acids is 1. The molecule has 1 saturated heterocycles. The van der Waals surface area contributed by atoms with Crippen molar-refractivity contribution in [3.8, 4) is 0 Å². The second-order valence-corrected chi connectivity index (χ2v) is 6.24. The van der Waals surface area contributed by atoms with Crippen LogP contribution < -0.4 is 0 Å². The molecule has 23 heavy (non-hydrogen) atoms. The molecule has 0 N–H and O–H groups in total. The minimum Gasteiger partial charge on any atom is -0.451 e. The Labute approximate surface area is 135 Å². The second-order valence-electron chi connectivity index (χ2n) is 6.24. The number of furan rings is 1. The van der Waals surface area contributed by atoms with Crippen molar-refractivity contribution >= 4 is 16.9 Å². The molecule has 1 saturated carbocycles. The summed E-state index contributed by atoms with van der Waals surface area (Å²) in [4.78, 5) is 15.1. The molecule has 5 heteroatoms. The molecular formula is C18H21NO4. The predicted octanol–water partition coefficient (Wildman–Crippen LogP) is 2.97. The summed E-state index contributed by atoms with van der Waals surface area (Å²) in [5, 5.41) is 0.953. The highest BCUT2D eigenvalue weighted by Gasteiger charge is 2.40. The number of ether oxygens (including phenoxy) is 2. The van der Waals surface area contributed by atoms with Crippen LogP contribution in [0.4, 0.5) is 0 Å². The molecule has 1 amide bonds. The first-order chi connectivity index (χ1) is 11.3. The highest BCUT2D eigenvalue weighted by atomic mass is 16.5. The fourth-order valence-electron chi connectivity index (χ4n) is 3.87. The van der Waals surface area contributed by atoms with Crippen molar-refractivity contribution in [1.82, 2.24) is 4.90 Å². The number of nitrogens with zero attached hydrogens (tertiary/aromatic N) is 1. The van der Waals surface area contributed by atoms with Gasteiger partial charge in [-0.05, 0) is 25.3 Å². The Morgan fingerprint density at radius 1 is 1.35 bits per heavy atom. The molecule has 0 unspecified atom stereocenters. The summed E-state index contributed by atoms with van der Waals surface area (Å²) >= 11 is 0. The van der Waals surface area contributed by atoms with Crippen LogP contribution in [0, 0.1) is 0 Å². The van der Waals surface area contributed by atoms with E-state index in [0.717, 1.165) is 35.8 Å². The Morgan fingerprint density at radius 2 is 2.22 bits per heavy atom. The second kappa shape index (κ2) is 5.98. The van der Waals surface area contributed by atoms with E-state index in [1.165, 1.54) is 0 Å². The van der Waals surface area contributed by atoms with Crippen molar-refractivity contribution in [2.75, 3.05) is 20.3 Å². The Kier molecular flexibility index (Phi) is 3.83. The fourth-order valence-corrected chi connectivity index (χ4v) is 3.87. The maximum atomic E-state index is 13.1. The summed E-state index contributed by atoms with van der Waals surface area (Å²) in [5.74, 6) is 0.383. The molecule has 1 aliphatic heterocycles. The van der Waals surface area contributed by atoms with Crippen molar-refractivity contribution < 1.29 is 18.7 Å². The zero-order chi connectivity index (χ0) is 15.8. The van der Waals surface area contributed by atoms with E-state index in [4.69, 9.17) is 13.9 Å². The van der Waals surface area contributed by atoms with Gasteiger partial charge in [0, 0.05) is 24.6 Å². The molecule has 5 nitrogen and oxygen atoms in total. The molecule has 4 rings (SSSR count). The van der Waals surface area contributed by atoms with Gasteiger partial charge < -0.3 is 18.8 Å². The van der Waals surface area contributed by atoms with Gasteiger partial charge in [0.15, 0.2) is 5.76 Å². The summed E-state index contributed by atoms with van der Waals surface area (Å²) in [7, 11) is 1.64. The zero-order valence-corrected chi connectivity index (χ0v) is 13.3. The molecule has 1 aliphatic carbocycles. The number of para-hydroxylation sites is 1. The van der Waals surface area contributed by atoms with Gasteiger partial charge in [0.1, 0.15) is 5.58 Å². The van der Waals surface area contributed by atoms with Crippen LogP contribution in [0.25, 0.3) is 11.0 Å². The van der Waals surface area contributed by atoms with Crippen molar-refractivity contribution in [2.45, 2.75) is 38.0 Å². The summed E-state index contributed by atoms with van der Waals surface area (Å²) in [6.07, 6.45) is 3.35. The first-order valence-electron chi connectivity index (χ1n) is 8.21. The van der Waals surface area contributed by atoms with Gasteiger partial charge in [-0.15, -0.1) is 0 Å². The van der Waals surface area contributed by atoms with Crippen molar-refractivity contribution in [3.63, 3.8) is 0 Å². The molecule has 2 aliphatic rings. The van der Waals surface area contributed by atoms with E-state index >= 15 is 0 Å². The summed E-state index contributed by atoms with van der Waals surface area (Å²) in [6.45, 7) is 1.60. The Morgan fingerprint density at radius 3 is 3.09 bits per heavy atom. The van der Waals surface area contributed by atoms with Gasteiger partial charge in [-0.2, -0.15) is 0 Å². The van der Waals surface area contributed by atoms with Crippen LogP contribution >= 0.6 is 0 Å². The molecule has 2 aromatic rings. The summed E-state index contributed by atoms with van der Waals surface area (Å²) in [5.41, 5.74) is 1.58. The maximum absolute atomic E-state index is 13.1. The minimum atomic E-state index is -0.0338. The molecule has 2 atom stereocenters. The third-order valence-electron chi connectivity index (χ3n) is 4.92. The number of carbonyl (C=O) groups is 1. The van der Waals surface area contributed by atoms with Crippen LogP contribution in [0.2, 0.25) is 0 Å². The van der Waals surface area contributed by atoms with E-state index in [1.807, 2.05) is 29.2 Å². The SMILES string of the molecule is COCc1c(C(=O)N2CCO[C@@H]3CCC[C@@H]32)oc2ccccc12. The van der Waals surface area contributed by atoms with Crippen LogP contribution in [0.3, 0.4) is 0 Å². The van der Waals surface area contributed by atoms with E-state index in [-0.39, 0.29) is 18.1 Å². The summed E-state index contributed by atoms with van der Waals surface area (Å²) in [6, 6.07) is 7.91. The lowest BCUT2D eigenvalue weighted by molar-refractivity contribution is -0.0454. The molecule has 1 aromatic heterocycles. The average molecular weight is 315 g/mol. The lowest BCUT2D eigenvalue weighted by Gasteiger charge is -2.37. The molecule has 0 radical (unpaired) electrons. The van der Waals surface area contributed by atoms with E-state index in [0.29, 0.717) is 25.5 Å². The van der Waals surface area contributed by atoms with Crippen LogP contribution in [0.5, 0.6) is 0 Å². The normalized spacial score (nSPS) is 24.1. The first kappa shape index (κ1) is 14.7. The van der Waals surface area contributed by atoms with Crippen LogP contribution in [0.15, 0.2) is 28.7 Å². The molecular weight excluding hydrogens is 294 g/mol. The monoisotopic (exact) mass is 315 g/mol. The number of hydrogen-bond donors (Lipinski definition) is 0. The third-order valence-corrected chi connectivity index (χ3v) is 4.92. The van der Waals surface area contributed by atoms with Gasteiger partial charge in [-0.25, -0.2) is 0 Å². The van der Waals surface area contributed by atoms with Gasteiger partial charge in [0.05, 0.1) is 25.4 Å². The standard InChI is InChI=1S/C18H21NO4/c1-21-11-13-12-5-2-3-7-15(12)23-17(13)18(20)19-9-10-22-16-8-4-6-14(16)19/h2-3,5,7,14,16H,4,6,8-11H2,1H3/t14-,16+/m0/s1. The van der Waals surface area contributed by atoms with Crippen LogP contribution in [-0.4, -0.2) is 43.2 Å². The lowest BCUT2D eigenvalue weighted by atomic mass is 10.1. The zero-order valence-electron chi connectivity index (χ0n) is 13.3. The molecule has 2 fully saturated rings. The first-order valence-corrected chi connectivity index (χ1v) is 8.21. The minimum absolute atomic E-state index is 0.0338. The number of amides is 1. The maximum Gasteiger partial charge on any atom is 0.290 e. The van der Waals surface area contributed by atoms with Crippen molar-refractivity contribution in [2.24, 2.45) is 0 Å². The quantitative estimate of drug-likeness (QED) is 0.874. The largest absolute Gasteiger partial charge is 0.451 e. The van der Waals surface area contributed by atoms with Crippen LogP contribution in [-0.2, 0) is 16.1 Å². The fraction of sp³-hybridized carbons (Fsp3) is 0.500. The van der Waals surface area contributed by atoms with E-state index in [9.17, 15) is 4.79 Å². The molecule has 0 spiro atoms. The third kappa shape index (κ3) is 2.44. The Balaban J connectivity index is 1.72. The Bertz CT molecular complexity index is 723. The van der Waals surface area contributed by atoms with Gasteiger partial charge in [0.25, 0.3) is 5.91 Å². The van der Waals surface area contributed by atoms with E-state index in [1.54, 1.807) is 7.11 Å². The van der Waals surface area contributed by atoms with Crippen LogP contribution in [0.1, 0.15) is 35.4 Å². The lowest BCUT2D eigenvalue weighted by Crippen LogP contribution is -2.51. The Hall–Kier alpha value is -1.85. The highest BCUT2D eigenvalue weighted by Crippen LogP contribution is 2.33. The smallest absolute Gasteiger partial charge is 0.290 e. The number of fused-ring (bicyclic) bond motifs is 2. The predicted molar refractivity (Wildman–Crippen MR) is 85.3 cm³/mol. The van der Waals surface area contributed by atoms with Gasteiger partial charge in [0.2, 0.25) is 0 Å². The van der Waals surface area contributed by atoms with E-state index in [2.05, 4.69) is 0 Å². The number of hydrogen-bond acceptors (Lipinski definition) is 4. The topological polar surface area (TPSA) is 51.9 Å². The average Bonchev–Trinajstić information content (AvgIpc) is 3.19. The van der Waals surface area contributed by atoms with Crippen molar-refractivity contribution in [1.29, 1.82) is 0 Å². The number of morpholine rings is 1. The molecule has 2 heterocycles. The van der Waals surface area contributed by atoms with Gasteiger partial charge in [-0.1, -0.05) is 18.2 Å². The van der Waals surface area contributed by atoms with Crippen molar-refractivity contribution in [3.05, 3.63) is 35.6 Å². The number of rotatable bonds is 3. The molecule has 0 bridgehead atoms.